The van der Waals surface area contributed by atoms with Gasteiger partial charge in [-0.15, -0.1) is 11.3 Å². The van der Waals surface area contributed by atoms with Gasteiger partial charge < -0.3 is 0 Å². The molecule has 0 aliphatic heterocycles. The van der Waals surface area contributed by atoms with E-state index in [1.54, 1.807) is 0 Å². The number of aromatic nitrogens is 3. The molecule has 1 fully saturated rings. The summed E-state index contributed by atoms with van der Waals surface area (Å²) in [7, 11) is 0. The Bertz CT molecular complexity index is 789. The van der Waals surface area contributed by atoms with Crippen LogP contribution in [0.25, 0.3) is 0 Å². The summed E-state index contributed by atoms with van der Waals surface area (Å²) in [5, 5.41) is 6.84. The summed E-state index contributed by atoms with van der Waals surface area (Å²) in [5.74, 6) is 2.39. The van der Waals surface area contributed by atoms with Gasteiger partial charge in [0.15, 0.2) is 5.82 Å². The zero-order chi connectivity index (χ0) is 16.4. The van der Waals surface area contributed by atoms with E-state index in [0.29, 0.717) is 12.5 Å². The molecule has 3 nitrogen and oxygen atoms in total. The van der Waals surface area contributed by atoms with Crippen LogP contribution in [0.3, 0.4) is 0 Å². The van der Waals surface area contributed by atoms with Crippen LogP contribution in [0.4, 0.5) is 4.39 Å². The molecule has 1 aliphatic rings. The van der Waals surface area contributed by atoms with Crippen molar-refractivity contribution in [2.24, 2.45) is 0 Å². The normalized spacial score (nSPS) is 14.2. The van der Waals surface area contributed by atoms with E-state index in [2.05, 4.69) is 17.5 Å². The largest absolute Gasteiger partial charge is 0.245 e. The van der Waals surface area contributed by atoms with Crippen molar-refractivity contribution in [1.82, 2.24) is 14.8 Å². The Morgan fingerprint density at radius 2 is 1.96 bits per heavy atom. The number of aryl methyl sites for hydroxylation is 2. The third-order valence-electron chi connectivity index (χ3n) is 4.36. The molecule has 1 aromatic carbocycles. The fourth-order valence-corrected chi connectivity index (χ4v) is 3.61. The van der Waals surface area contributed by atoms with Crippen LogP contribution >= 0.6 is 11.3 Å². The first-order valence-corrected chi connectivity index (χ1v) is 9.36. The predicted octanol–water partition coefficient (Wildman–Crippen LogP) is 4.58. The van der Waals surface area contributed by atoms with E-state index in [-0.39, 0.29) is 5.82 Å². The molecule has 0 bridgehead atoms. The number of hydrogen-bond donors (Lipinski definition) is 0. The van der Waals surface area contributed by atoms with Crippen LogP contribution in [-0.4, -0.2) is 14.8 Å². The minimum Gasteiger partial charge on any atom is -0.245 e. The first kappa shape index (κ1) is 15.5. The summed E-state index contributed by atoms with van der Waals surface area (Å²) in [6.45, 7) is 0.661. The number of nitrogens with zero attached hydrogens (tertiary/aromatic N) is 3. The molecule has 1 aliphatic carbocycles. The summed E-state index contributed by atoms with van der Waals surface area (Å²) in [4.78, 5) is 6.20. The van der Waals surface area contributed by atoms with E-state index in [9.17, 15) is 4.39 Å². The molecular weight excluding hydrogens is 321 g/mol. The molecule has 5 heteroatoms. The highest BCUT2D eigenvalue weighted by atomic mass is 32.1. The Kier molecular flexibility index (Phi) is 4.43. The maximum absolute atomic E-state index is 13.1. The van der Waals surface area contributed by atoms with Gasteiger partial charge in [-0.3, -0.25) is 0 Å². The van der Waals surface area contributed by atoms with Gasteiger partial charge in [0.1, 0.15) is 11.6 Å². The quantitative estimate of drug-likeness (QED) is 0.630. The van der Waals surface area contributed by atoms with Crippen molar-refractivity contribution >= 4 is 11.3 Å². The lowest BCUT2D eigenvalue weighted by Gasteiger charge is -2.06. The third-order valence-corrected chi connectivity index (χ3v) is 5.29. The topological polar surface area (TPSA) is 30.7 Å². The molecule has 3 aromatic rings. The van der Waals surface area contributed by atoms with Crippen molar-refractivity contribution in [3.63, 3.8) is 0 Å². The molecule has 0 atom stereocenters. The molecule has 2 heterocycles. The Morgan fingerprint density at radius 1 is 1.12 bits per heavy atom. The lowest BCUT2D eigenvalue weighted by molar-refractivity contribution is 0.610. The summed E-state index contributed by atoms with van der Waals surface area (Å²) >= 11 is 1.81. The Balaban J connectivity index is 1.47. The standard InChI is InChI=1S/C19H20FN3S/c20-16-10-6-14(7-11-16)13-23-18(21-19(22-23)15-8-9-15)5-1-3-17-4-2-12-24-17/h2,4,6-7,10-12,15H,1,3,5,8-9,13H2. The smallest absolute Gasteiger partial charge is 0.154 e. The van der Waals surface area contributed by atoms with Gasteiger partial charge in [0.25, 0.3) is 0 Å². The van der Waals surface area contributed by atoms with Crippen LogP contribution in [0.5, 0.6) is 0 Å². The molecule has 0 N–H and O–H groups in total. The molecule has 0 saturated heterocycles. The molecule has 2 aromatic heterocycles. The molecular formula is C19H20FN3S. The van der Waals surface area contributed by atoms with Gasteiger partial charge in [0, 0.05) is 17.2 Å². The predicted molar refractivity (Wildman–Crippen MR) is 93.8 cm³/mol. The summed E-state index contributed by atoms with van der Waals surface area (Å²) in [5.41, 5.74) is 1.06. The van der Waals surface area contributed by atoms with Crippen LogP contribution in [0, 0.1) is 5.82 Å². The highest BCUT2D eigenvalue weighted by Gasteiger charge is 2.28. The first-order chi connectivity index (χ1) is 11.8. The van der Waals surface area contributed by atoms with E-state index in [0.717, 1.165) is 36.5 Å². The SMILES string of the molecule is Fc1ccc(Cn2nc(C3CC3)nc2CCCc2cccs2)cc1. The van der Waals surface area contributed by atoms with Crippen molar-refractivity contribution in [3.8, 4) is 0 Å². The maximum Gasteiger partial charge on any atom is 0.154 e. The maximum atomic E-state index is 13.1. The highest BCUT2D eigenvalue weighted by Crippen LogP contribution is 2.38. The lowest BCUT2D eigenvalue weighted by Crippen LogP contribution is -2.07. The zero-order valence-electron chi connectivity index (χ0n) is 13.5. The lowest BCUT2D eigenvalue weighted by atomic mass is 10.2. The van der Waals surface area contributed by atoms with Crippen molar-refractivity contribution in [2.45, 2.75) is 44.6 Å². The van der Waals surface area contributed by atoms with E-state index in [1.165, 1.54) is 29.9 Å². The van der Waals surface area contributed by atoms with Gasteiger partial charge >= 0.3 is 0 Å². The fourth-order valence-electron chi connectivity index (χ4n) is 2.86. The van der Waals surface area contributed by atoms with Crippen molar-refractivity contribution < 1.29 is 4.39 Å². The average Bonchev–Trinajstić information content (AvgIpc) is 3.16. The number of benzene rings is 1. The minimum absolute atomic E-state index is 0.202. The Morgan fingerprint density at radius 3 is 2.67 bits per heavy atom. The van der Waals surface area contributed by atoms with E-state index >= 15 is 0 Å². The van der Waals surface area contributed by atoms with Gasteiger partial charge in [-0.2, -0.15) is 5.10 Å². The van der Waals surface area contributed by atoms with E-state index in [4.69, 9.17) is 10.1 Å². The molecule has 0 amide bonds. The molecule has 124 valence electrons. The number of rotatable bonds is 7. The Labute approximate surface area is 145 Å². The molecule has 24 heavy (non-hydrogen) atoms. The van der Waals surface area contributed by atoms with E-state index < -0.39 is 0 Å². The van der Waals surface area contributed by atoms with Crippen LogP contribution in [0.1, 0.15) is 47.3 Å². The number of halogens is 1. The number of thiophene rings is 1. The van der Waals surface area contributed by atoms with Crippen LogP contribution in [0.2, 0.25) is 0 Å². The second-order valence-electron chi connectivity index (χ2n) is 6.38. The Hall–Kier alpha value is -2.01. The summed E-state index contributed by atoms with van der Waals surface area (Å²) < 4.78 is 15.1. The highest BCUT2D eigenvalue weighted by molar-refractivity contribution is 7.09. The molecule has 0 spiro atoms. The van der Waals surface area contributed by atoms with E-state index in [1.807, 2.05) is 28.2 Å². The van der Waals surface area contributed by atoms with Gasteiger partial charge in [-0.25, -0.2) is 14.1 Å². The average molecular weight is 341 g/mol. The van der Waals surface area contributed by atoms with Crippen molar-refractivity contribution in [3.05, 3.63) is 69.7 Å². The molecule has 1 saturated carbocycles. The monoisotopic (exact) mass is 341 g/mol. The minimum atomic E-state index is -0.202. The molecule has 4 rings (SSSR count). The van der Waals surface area contributed by atoms with Gasteiger partial charge in [0.05, 0.1) is 6.54 Å². The van der Waals surface area contributed by atoms with Crippen molar-refractivity contribution in [1.29, 1.82) is 0 Å². The zero-order valence-corrected chi connectivity index (χ0v) is 14.3. The summed E-state index contributed by atoms with van der Waals surface area (Å²) in [6, 6.07) is 10.9. The second kappa shape index (κ2) is 6.85. The molecule has 0 unspecified atom stereocenters. The second-order valence-corrected chi connectivity index (χ2v) is 7.41. The van der Waals surface area contributed by atoms with Crippen LogP contribution < -0.4 is 0 Å². The van der Waals surface area contributed by atoms with Gasteiger partial charge in [-0.1, -0.05) is 18.2 Å². The third kappa shape index (κ3) is 3.73. The first-order valence-electron chi connectivity index (χ1n) is 8.48. The van der Waals surface area contributed by atoms with Crippen molar-refractivity contribution in [2.75, 3.05) is 0 Å². The number of hydrogen-bond acceptors (Lipinski definition) is 3. The fraction of sp³-hybridized carbons (Fsp3) is 0.368. The van der Waals surface area contributed by atoms with Gasteiger partial charge in [-0.05, 0) is 54.8 Å². The van der Waals surface area contributed by atoms with Crippen LogP contribution in [-0.2, 0) is 19.4 Å². The summed E-state index contributed by atoms with van der Waals surface area (Å²) in [6.07, 6.45) is 5.50. The van der Waals surface area contributed by atoms with Crippen LogP contribution in [0.15, 0.2) is 41.8 Å². The van der Waals surface area contributed by atoms with Gasteiger partial charge in [0.2, 0.25) is 0 Å². The molecule has 0 radical (unpaired) electrons.